The van der Waals surface area contributed by atoms with Gasteiger partial charge in [-0.05, 0) is 96.0 Å². The number of hydrogen-bond acceptors (Lipinski definition) is 3. The molecule has 3 heteroatoms. The molecule has 0 radical (unpaired) electrons. The Morgan fingerprint density at radius 1 is 0.500 bits per heavy atom. The Morgan fingerprint density at radius 3 is 1.58 bits per heavy atom. The fourth-order valence-electron chi connectivity index (χ4n) is 7.39. The van der Waals surface area contributed by atoms with E-state index in [1.165, 1.54) is 99.5 Å². The smallest absolute Gasteiger partial charge is 0.120 e. The van der Waals surface area contributed by atoms with Crippen molar-refractivity contribution in [1.29, 1.82) is 0 Å². The zero-order valence-corrected chi connectivity index (χ0v) is 29.2. The molecule has 1 unspecified atom stereocenters. The Balaban J connectivity index is 1.11. The van der Waals surface area contributed by atoms with Crippen LogP contribution in [0.25, 0.3) is 65.3 Å². The van der Waals surface area contributed by atoms with Crippen molar-refractivity contribution < 1.29 is 14.6 Å². The maximum Gasteiger partial charge on any atom is 0.120 e. The summed E-state index contributed by atoms with van der Waals surface area (Å²) in [4.78, 5) is 0. The first kappa shape index (κ1) is 33.8. The van der Waals surface area contributed by atoms with Crippen molar-refractivity contribution in [3.63, 3.8) is 0 Å². The van der Waals surface area contributed by atoms with Crippen molar-refractivity contribution in [3.05, 3.63) is 127 Å². The molecular formula is C47H48O3. The average molecular weight is 661 g/mol. The van der Waals surface area contributed by atoms with Crippen molar-refractivity contribution in [2.75, 3.05) is 19.8 Å². The van der Waals surface area contributed by atoms with Crippen LogP contribution in [0.5, 0.6) is 5.75 Å². The standard InChI is InChI=1S/C47H48O3/c1-2-3-4-5-6-7-8-15-28-49-41(32-48)33-50-40-27-26-36-30-39(25-23-37(36)31-40)47-44-20-13-11-18-42(44)46(43-19-12-14-21-45(43)47)38-24-22-34-16-9-10-17-35(34)29-38/h9-14,16-27,29-31,41,48H,2-8,15,28,32-33H2,1H3. The molecule has 0 amide bonds. The van der Waals surface area contributed by atoms with Crippen molar-refractivity contribution in [2.45, 2.75) is 64.4 Å². The fraction of sp³-hybridized carbons (Fsp3) is 0.277. The third-order valence-electron chi connectivity index (χ3n) is 10.1. The van der Waals surface area contributed by atoms with E-state index in [4.69, 9.17) is 9.47 Å². The molecule has 0 spiro atoms. The molecule has 0 aromatic heterocycles. The largest absolute Gasteiger partial charge is 0.491 e. The Hall–Kier alpha value is -4.70. The van der Waals surface area contributed by atoms with Gasteiger partial charge in [0.1, 0.15) is 18.5 Å². The van der Waals surface area contributed by atoms with Crippen molar-refractivity contribution in [3.8, 4) is 28.0 Å². The summed E-state index contributed by atoms with van der Waals surface area (Å²) in [5, 5.41) is 19.7. The van der Waals surface area contributed by atoms with Crippen molar-refractivity contribution in [2.24, 2.45) is 0 Å². The van der Waals surface area contributed by atoms with Gasteiger partial charge in [-0.15, -0.1) is 0 Å². The molecule has 7 rings (SSSR count). The molecular weight excluding hydrogens is 613 g/mol. The Labute approximate surface area is 296 Å². The lowest BCUT2D eigenvalue weighted by atomic mass is 9.85. The minimum absolute atomic E-state index is 0.0461. The van der Waals surface area contributed by atoms with Crippen LogP contribution in [-0.4, -0.2) is 31.0 Å². The highest BCUT2D eigenvalue weighted by Gasteiger charge is 2.17. The molecule has 0 bridgehead atoms. The number of aliphatic hydroxyl groups is 1. The fourth-order valence-corrected chi connectivity index (χ4v) is 7.39. The second kappa shape index (κ2) is 16.3. The van der Waals surface area contributed by atoms with E-state index < -0.39 is 0 Å². The Morgan fingerprint density at radius 2 is 0.980 bits per heavy atom. The van der Waals surface area contributed by atoms with Crippen LogP contribution in [0.4, 0.5) is 0 Å². The summed E-state index contributed by atoms with van der Waals surface area (Å²) in [7, 11) is 0. The first-order valence-electron chi connectivity index (χ1n) is 18.6. The summed E-state index contributed by atoms with van der Waals surface area (Å²) in [5.74, 6) is 0.787. The van der Waals surface area contributed by atoms with Gasteiger partial charge in [0.2, 0.25) is 0 Å². The number of fused-ring (bicyclic) bond motifs is 4. The summed E-state index contributed by atoms with van der Waals surface area (Å²) in [6.45, 7) is 3.20. The summed E-state index contributed by atoms with van der Waals surface area (Å²) >= 11 is 0. The molecule has 0 aliphatic heterocycles. The number of unbranched alkanes of at least 4 members (excludes halogenated alkanes) is 7. The van der Waals surface area contributed by atoms with E-state index in [-0.39, 0.29) is 12.7 Å². The SMILES string of the molecule is CCCCCCCCCCOC(CO)COc1ccc2cc(-c3c4ccccc4c(-c4ccc5ccccc5c4)c4ccccc34)ccc2c1. The van der Waals surface area contributed by atoms with Gasteiger partial charge in [0.15, 0.2) is 0 Å². The number of hydrogen-bond donors (Lipinski definition) is 1. The molecule has 7 aromatic carbocycles. The van der Waals surface area contributed by atoms with Crippen molar-refractivity contribution >= 4 is 43.1 Å². The predicted octanol–water partition coefficient (Wildman–Crippen LogP) is 12.5. The van der Waals surface area contributed by atoms with Gasteiger partial charge in [-0.3, -0.25) is 0 Å². The minimum atomic E-state index is -0.322. The van der Waals surface area contributed by atoms with Crippen LogP contribution in [-0.2, 0) is 4.74 Å². The maximum atomic E-state index is 9.91. The lowest BCUT2D eigenvalue weighted by Gasteiger charge is -2.18. The van der Waals surface area contributed by atoms with Crippen LogP contribution in [0.2, 0.25) is 0 Å². The van der Waals surface area contributed by atoms with E-state index in [2.05, 4.69) is 128 Å². The quantitative estimate of drug-likeness (QED) is 0.0828. The zero-order chi connectivity index (χ0) is 34.1. The first-order valence-corrected chi connectivity index (χ1v) is 18.6. The highest BCUT2D eigenvalue weighted by atomic mass is 16.5. The summed E-state index contributed by atoms with van der Waals surface area (Å²) < 4.78 is 12.1. The first-order chi connectivity index (χ1) is 24.7. The molecule has 0 saturated heterocycles. The van der Waals surface area contributed by atoms with Gasteiger partial charge in [0, 0.05) is 6.61 Å². The summed E-state index contributed by atoms with van der Waals surface area (Å²) in [5.41, 5.74) is 4.95. The molecule has 50 heavy (non-hydrogen) atoms. The summed E-state index contributed by atoms with van der Waals surface area (Å²) in [6.07, 6.45) is 9.77. The predicted molar refractivity (Wildman–Crippen MR) is 212 cm³/mol. The highest BCUT2D eigenvalue weighted by Crippen LogP contribution is 2.44. The van der Waals surface area contributed by atoms with Gasteiger partial charge >= 0.3 is 0 Å². The number of rotatable bonds is 16. The minimum Gasteiger partial charge on any atom is -0.491 e. The van der Waals surface area contributed by atoms with Crippen LogP contribution in [0.3, 0.4) is 0 Å². The van der Waals surface area contributed by atoms with Crippen LogP contribution in [0, 0.1) is 0 Å². The molecule has 0 aliphatic carbocycles. The molecule has 0 heterocycles. The normalized spacial score (nSPS) is 12.3. The molecule has 0 saturated carbocycles. The third-order valence-corrected chi connectivity index (χ3v) is 10.1. The molecule has 1 N–H and O–H groups in total. The van der Waals surface area contributed by atoms with E-state index in [1.807, 2.05) is 6.07 Å². The molecule has 7 aromatic rings. The van der Waals surface area contributed by atoms with Crippen LogP contribution < -0.4 is 4.74 Å². The van der Waals surface area contributed by atoms with Gasteiger partial charge in [-0.1, -0.05) is 155 Å². The molecule has 0 fully saturated rings. The van der Waals surface area contributed by atoms with E-state index in [1.54, 1.807) is 0 Å². The van der Waals surface area contributed by atoms with Gasteiger partial charge in [-0.2, -0.15) is 0 Å². The number of aliphatic hydroxyl groups excluding tert-OH is 1. The Kier molecular flexibility index (Phi) is 11.0. The molecule has 1 atom stereocenters. The number of benzene rings is 7. The Bertz CT molecular complexity index is 2140. The van der Waals surface area contributed by atoms with E-state index >= 15 is 0 Å². The molecule has 3 nitrogen and oxygen atoms in total. The van der Waals surface area contributed by atoms with E-state index in [0.717, 1.165) is 22.9 Å². The maximum absolute atomic E-state index is 9.91. The second-order valence-electron chi connectivity index (χ2n) is 13.6. The lowest BCUT2D eigenvalue weighted by Crippen LogP contribution is -2.26. The summed E-state index contributed by atoms with van der Waals surface area (Å²) in [6, 6.07) is 46.0. The van der Waals surface area contributed by atoms with Crippen molar-refractivity contribution in [1.82, 2.24) is 0 Å². The van der Waals surface area contributed by atoms with Crippen LogP contribution in [0.1, 0.15) is 58.3 Å². The lowest BCUT2D eigenvalue weighted by molar-refractivity contribution is -0.0149. The van der Waals surface area contributed by atoms with Gasteiger partial charge < -0.3 is 14.6 Å². The monoisotopic (exact) mass is 660 g/mol. The second-order valence-corrected chi connectivity index (χ2v) is 13.6. The van der Waals surface area contributed by atoms with Gasteiger partial charge in [0.05, 0.1) is 6.61 Å². The van der Waals surface area contributed by atoms with E-state index in [0.29, 0.717) is 13.2 Å². The highest BCUT2D eigenvalue weighted by molar-refractivity contribution is 6.22. The zero-order valence-electron chi connectivity index (χ0n) is 29.2. The average Bonchev–Trinajstić information content (AvgIpc) is 3.17. The third kappa shape index (κ3) is 7.55. The van der Waals surface area contributed by atoms with E-state index in [9.17, 15) is 5.11 Å². The number of ether oxygens (including phenoxy) is 2. The topological polar surface area (TPSA) is 38.7 Å². The molecule has 254 valence electrons. The van der Waals surface area contributed by atoms with Crippen LogP contribution >= 0.6 is 0 Å². The van der Waals surface area contributed by atoms with Gasteiger partial charge in [-0.25, -0.2) is 0 Å². The molecule has 0 aliphatic rings. The van der Waals surface area contributed by atoms with Gasteiger partial charge in [0.25, 0.3) is 0 Å². The van der Waals surface area contributed by atoms with Crippen LogP contribution in [0.15, 0.2) is 127 Å².